The van der Waals surface area contributed by atoms with Gasteiger partial charge in [0.05, 0.1) is 18.2 Å². The molecule has 0 saturated heterocycles. The molecule has 1 aromatic carbocycles. The number of aryl methyl sites for hydroxylation is 1. The molecule has 0 unspecified atom stereocenters. The molecule has 2 rings (SSSR count). The van der Waals surface area contributed by atoms with Gasteiger partial charge in [-0.3, -0.25) is 9.78 Å². The number of pyridine rings is 1. The zero-order valence-electron chi connectivity index (χ0n) is 10.6. The Morgan fingerprint density at radius 1 is 1.32 bits per heavy atom. The van der Waals surface area contributed by atoms with Gasteiger partial charge in [0, 0.05) is 17.4 Å². The number of aromatic nitrogens is 1. The van der Waals surface area contributed by atoms with E-state index in [4.69, 9.17) is 5.26 Å². The molecule has 0 atom stereocenters. The Labute approximate surface area is 111 Å². The third-order valence-corrected chi connectivity index (χ3v) is 2.65. The SMILES string of the molecule is Cc1ccc(NC(=O)c2ccnc(CC#N)c2)cc1. The van der Waals surface area contributed by atoms with Crippen LogP contribution in [0.5, 0.6) is 0 Å². The fraction of sp³-hybridized carbons (Fsp3) is 0.133. The second-order valence-corrected chi connectivity index (χ2v) is 4.19. The van der Waals surface area contributed by atoms with Crippen molar-refractivity contribution in [1.82, 2.24) is 4.98 Å². The Hall–Kier alpha value is -2.67. The van der Waals surface area contributed by atoms with E-state index >= 15 is 0 Å². The van der Waals surface area contributed by atoms with Crippen LogP contribution in [0.2, 0.25) is 0 Å². The summed E-state index contributed by atoms with van der Waals surface area (Å²) >= 11 is 0. The summed E-state index contributed by atoms with van der Waals surface area (Å²) in [5, 5.41) is 11.4. The molecule has 4 nitrogen and oxygen atoms in total. The van der Waals surface area contributed by atoms with E-state index < -0.39 is 0 Å². The van der Waals surface area contributed by atoms with Crippen molar-refractivity contribution in [3.63, 3.8) is 0 Å². The van der Waals surface area contributed by atoms with Gasteiger partial charge in [0.25, 0.3) is 5.91 Å². The van der Waals surface area contributed by atoms with Gasteiger partial charge in [-0.25, -0.2) is 0 Å². The molecule has 1 heterocycles. The lowest BCUT2D eigenvalue weighted by Crippen LogP contribution is -2.12. The van der Waals surface area contributed by atoms with Crippen molar-refractivity contribution in [2.45, 2.75) is 13.3 Å². The number of rotatable bonds is 3. The molecule has 0 aliphatic heterocycles. The summed E-state index contributed by atoms with van der Waals surface area (Å²) in [5.41, 5.74) is 2.98. The van der Waals surface area contributed by atoms with E-state index in [0.29, 0.717) is 11.3 Å². The molecular weight excluding hydrogens is 238 g/mol. The van der Waals surface area contributed by atoms with Crippen molar-refractivity contribution < 1.29 is 4.79 Å². The van der Waals surface area contributed by atoms with Gasteiger partial charge in [-0.1, -0.05) is 17.7 Å². The fourth-order valence-corrected chi connectivity index (χ4v) is 1.64. The zero-order chi connectivity index (χ0) is 13.7. The van der Waals surface area contributed by atoms with Crippen LogP contribution in [-0.2, 0) is 6.42 Å². The van der Waals surface area contributed by atoms with Crippen molar-refractivity contribution in [1.29, 1.82) is 5.26 Å². The lowest BCUT2D eigenvalue weighted by molar-refractivity contribution is 0.102. The maximum absolute atomic E-state index is 12.0. The number of anilines is 1. The predicted molar refractivity (Wildman–Crippen MR) is 72.7 cm³/mol. The van der Waals surface area contributed by atoms with E-state index in [1.165, 1.54) is 6.20 Å². The van der Waals surface area contributed by atoms with Crippen molar-refractivity contribution in [3.05, 3.63) is 59.4 Å². The first kappa shape index (κ1) is 12.8. The molecule has 0 fully saturated rings. The molecule has 1 aromatic heterocycles. The third kappa shape index (κ3) is 3.39. The number of carbonyl (C=O) groups is 1. The number of hydrogen-bond donors (Lipinski definition) is 1. The van der Waals surface area contributed by atoms with Gasteiger partial charge in [0.15, 0.2) is 0 Å². The summed E-state index contributed by atoms with van der Waals surface area (Å²) in [6.45, 7) is 1.99. The second kappa shape index (κ2) is 5.78. The quantitative estimate of drug-likeness (QED) is 0.912. The first-order chi connectivity index (χ1) is 9.19. The summed E-state index contributed by atoms with van der Waals surface area (Å²) in [4.78, 5) is 16.1. The lowest BCUT2D eigenvalue weighted by atomic mass is 10.1. The summed E-state index contributed by atoms with van der Waals surface area (Å²) in [5.74, 6) is -0.203. The number of nitrogens with zero attached hydrogens (tertiary/aromatic N) is 2. The van der Waals surface area contributed by atoms with E-state index in [1.54, 1.807) is 12.1 Å². The first-order valence-corrected chi connectivity index (χ1v) is 5.89. The molecule has 0 radical (unpaired) electrons. The van der Waals surface area contributed by atoms with Gasteiger partial charge in [0.2, 0.25) is 0 Å². The van der Waals surface area contributed by atoms with Crippen LogP contribution in [-0.4, -0.2) is 10.9 Å². The van der Waals surface area contributed by atoms with E-state index in [0.717, 1.165) is 11.3 Å². The molecule has 0 spiro atoms. The van der Waals surface area contributed by atoms with Crippen LogP contribution in [0.1, 0.15) is 21.6 Å². The Morgan fingerprint density at radius 3 is 2.74 bits per heavy atom. The Balaban J connectivity index is 2.13. The summed E-state index contributed by atoms with van der Waals surface area (Å²) in [7, 11) is 0. The highest BCUT2D eigenvalue weighted by Crippen LogP contribution is 2.11. The highest BCUT2D eigenvalue weighted by molar-refractivity contribution is 6.04. The summed E-state index contributed by atoms with van der Waals surface area (Å²) < 4.78 is 0. The Kier molecular flexibility index (Phi) is 3.89. The molecule has 4 heteroatoms. The molecule has 1 amide bonds. The largest absolute Gasteiger partial charge is 0.322 e. The molecule has 0 bridgehead atoms. The lowest BCUT2D eigenvalue weighted by Gasteiger charge is -2.06. The molecule has 0 aliphatic carbocycles. The maximum atomic E-state index is 12.0. The molecule has 19 heavy (non-hydrogen) atoms. The van der Waals surface area contributed by atoms with E-state index in [1.807, 2.05) is 37.3 Å². The number of carbonyl (C=O) groups excluding carboxylic acids is 1. The minimum atomic E-state index is -0.203. The number of benzene rings is 1. The van der Waals surface area contributed by atoms with Gasteiger partial charge in [0.1, 0.15) is 0 Å². The molecule has 0 aliphatic rings. The number of amides is 1. The Bertz CT molecular complexity index is 627. The third-order valence-electron chi connectivity index (χ3n) is 2.65. The van der Waals surface area contributed by atoms with Gasteiger partial charge in [-0.2, -0.15) is 5.26 Å². The van der Waals surface area contributed by atoms with Gasteiger partial charge in [-0.05, 0) is 31.2 Å². The maximum Gasteiger partial charge on any atom is 0.255 e. The minimum absolute atomic E-state index is 0.200. The Morgan fingerprint density at radius 2 is 2.05 bits per heavy atom. The topological polar surface area (TPSA) is 65.8 Å². The van der Waals surface area contributed by atoms with Crippen LogP contribution >= 0.6 is 0 Å². The summed E-state index contributed by atoms with van der Waals surface area (Å²) in [6, 6.07) is 12.8. The van der Waals surface area contributed by atoms with Crippen LogP contribution in [0.3, 0.4) is 0 Å². The van der Waals surface area contributed by atoms with Crippen molar-refractivity contribution in [3.8, 4) is 6.07 Å². The van der Waals surface area contributed by atoms with Crippen LogP contribution in [0.15, 0.2) is 42.6 Å². The monoisotopic (exact) mass is 251 g/mol. The van der Waals surface area contributed by atoms with Gasteiger partial charge in [-0.15, -0.1) is 0 Å². The highest BCUT2D eigenvalue weighted by Gasteiger charge is 2.07. The van der Waals surface area contributed by atoms with Crippen LogP contribution in [0.4, 0.5) is 5.69 Å². The highest BCUT2D eigenvalue weighted by atomic mass is 16.1. The first-order valence-electron chi connectivity index (χ1n) is 5.89. The van der Waals surface area contributed by atoms with Crippen molar-refractivity contribution in [2.24, 2.45) is 0 Å². The molecule has 0 saturated carbocycles. The second-order valence-electron chi connectivity index (χ2n) is 4.19. The number of hydrogen-bond acceptors (Lipinski definition) is 3. The smallest absolute Gasteiger partial charge is 0.255 e. The fourth-order valence-electron chi connectivity index (χ4n) is 1.64. The molecule has 1 N–H and O–H groups in total. The van der Waals surface area contributed by atoms with Crippen LogP contribution in [0.25, 0.3) is 0 Å². The normalized spacial score (nSPS) is 9.68. The van der Waals surface area contributed by atoms with Gasteiger partial charge >= 0.3 is 0 Å². The summed E-state index contributed by atoms with van der Waals surface area (Å²) in [6.07, 6.45) is 1.74. The standard InChI is InChI=1S/C15H13N3O/c1-11-2-4-13(5-3-11)18-15(19)12-7-9-17-14(10-12)6-8-16/h2-5,7,9-10H,6H2,1H3,(H,18,19). The van der Waals surface area contributed by atoms with Crippen LogP contribution < -0.4 is 5.32 Å². The average Bonchev–Trinajstić information content (AvgIpc) is 2.42. The molecular formula is C15H13N3O. The van der Waals surface area contributed by atoms with Crippen molar-refractivity contribution >= 4 is 11.6 Å². The van der Waals surface area contributed by atoms with E-state index in [2.05, 4.69) is 10.3 Å². The molecule has 2 aromatic rings. The predicted octanol–water partition coefficient (Wildman–Crippen LogP) is 2.71. The number of nitriles is 1. The zero-order valence-corrected chi connectivity index (χ0v) is 10.6. The molecule has 94 valence electrons. The minimum Gasteiger partial charge on any atom is -0.322 e. The number of nitrogens with one attached hydrogen (secondary N) is 1. The van der Waals surface area contributed by atoms with Crippen molar-refractivity contribution in [2.75, 3.05) is 5.32 Å². The van der Waals surface area contributed by atoms with E-state index in [-0.39, 0.29) is 12.3 Å². The van der Waals surface area contributed by atoms with E-state index in [9.17, 15) is 4.79 Å². The van der Waals surface area contributed by atoms with Gasteiger partial charge < -0.3 is 5.32 Å². The average molecular weight is 251 g/mol. The van der Waals surface area contributed by atoms with Crippen LogP contribution in [0, 0.1) is 18.3 Å².